The van der Waals surface area contributed by atoms with Crippen LogP contribution in [0.1, 0.15) is 26.7 Å². The molecule has 0 saturated carbocycles. The van der Waals surface area contributed by atoms with Gasteiger partial charge in [-0.2, -0.15) is 11.8 Å². The summed E-state index contributed by atoms with van der Waals surface area (Å²) in [5.41, 5.74) is 6.33. The molecule has 2 N–H and O–H groups in total. The van der Waals surface area contributed by atoms with E-state index in [1.807, 2.05) is 11.8 Å². The molecule has 4 heteroatoms. The molecule has 0 aromatic carbocycles. The first kappa shape index (κ1) is 15.3. The van der Waals surface area contributed by atoms with Crippen LogP contribution in [0.25, 0.3) is 0 Å². The Morgan fingerprint density at radius 2 is 2.00 bits per heavy atom. The molecule has 1 heterocycles. The highest BCUT2D eigenvalue weighted by Gasteiger charge is 2.38. The number of piperidine rings is 1. The maximum atomic E-state index is 6.09. The van der Waals surface area contributed by atoms with Crippen molar-refractivity contribution in [3.05, 3.63) is 0 Å². The summed E-state index contributed by atoms with van der Waals surface area (Å²) in [4.78, 5) is 5.07. The van der Waals surface area contributed by atoms with Crippen molar-refractivity contribution in [2.75, 3.05) is 45.2 Å². The summed E-state index contributed by atoms with van der Waals surface area (Å²) in [7, 11) is 2.26. The van der Waals surface area contributed by atoms with Gasteiger partial charge in [-0.3, -0.25) is 4.90 Å². The highest BCUT2D eigenvalue weighted by atomic mass is 32.2. The lowest BCUT2D eigenvalue weighted by atomic mass is 9.85. The van der Waals surface area contributed by atoms with E-state index < -0.39 is 0 Å². The summed E-state index contributed by atoms with van der Waals surface area (Å²) in [6.07, 6.45) is 4.61. The molecule has 1 atom stereocenters. The van der Waals surface area contributed by atoms with Crippen molar-refractivity contribution in [1.82, 2.24) is 9.80 Å². The van der Waals surface area contributed by atoms with Crippen molar-refractivity contribution in [1.29, 1.82) is 0 Å². The predicted molar refractivity (Wildman–Crippen MR) is 78.7 cm³/mol. The Labute approximate surface area is 111 Å². The average Bonchev–Trinajstić information content (AvgIpc) is 2.38. The van der Waals surface area contributed by atoms with Gasteiger partial charge in [0.05, 0.1) is 0 Å². The third kappa shape index (κ3) is 3.60. The zero-order chi connectivity index (χ0) is 12.9. The van der Waals surface area contributed by atoms with E-state index in [1.54, 1.807) is 0 Å². The van der Waals surface area contributed by atoms with Gasteiger partial charge in [0.25, 0.3) is 0 Å². The van der Waals surface area contributed by atoms with Gasteiger partial charge < -0.3 is 10.6 Å². The van der Waals surface area contributed by atoms with Gasteiger partial charge >= 0.3 is 0 Å². The molecule has 3 nitrogen and oxygen atoms in total. The normalized spacial score (nSPS) is 22.9. The van der Waals surface area contributed by atoms with E-state index >= 15 is 0 Å². The Hall–Kier alpha value is 0.230. The van der Waals surface area contributed by atoms with Crippen LogP contribution < -0.4 is 5.73 Å². The topological polar surface area (TPSA) is 32.5 Å². The van der Waals surface area contributed by atoms with Crippen molar-refractivity contribution >= 4 is 11.8 Å². The number of nitrogens with two attached hydrogens (primary N) is 1. The minimum absolute atomic E-state index is 0.237. The van der Waals surface area contributed by atoms with Crippen LogP contribution >= 0.6 is 11.8 Å². The van der Waals surface area contributed by atoms with E-state index in [9.17, 15) is 0 Å². The van der Waals surface area contributed by atoms with Crippen LogP contribution in [0.4, 0.5) is 0 Å². The Morgan fingerprint density at radius 3 is 2.41 bits per heavy atom. The predicted octanol–water partition coefficient (Wildman–Crippen LogP) is 1.48. The minimum atomic E-state index is 0.237. The van der Waals surface area contributed by atoms with Crippen molar-refractivity contribution < 1.29 is 0 Å². The van der Waals surface area contributed by atoms with Gasteiger partial charge in [0.15, 0.2) is 0 Å². The third-order valence-electron chi connectivity index (χ3n) is 4.43. The molecule has 1 fully saturated rings. The van der Waals surface area contributed by atoms with E-state index in [2.05, 4.69) is 37.0 Å². The van der Waals surface area contributed by atoms with Gasteiger partial charge in [-0.15, -0.1) is 0 Å². The molecule has 1 saturated heterocycles. The van der Waals surface area contributed by atoms with Gasteiger partial charge in [-0.05, 0) is 52.7 Å². The second-order valence-electron chi connectivity index (χ2n) is 5.28. The zero-order valence-corrected chi connectivity index (χ0v) is 12.7. The first-order chi connectivity index (χ1) is 8.09. The molecule has 102 valence electrons. The van der Waals surface area contributed by atoms with E-state index in [4.69, 9.17) is 5.73 Å². The smallest absolute Gasteiger partial charge is 0.0356 e. The van der Waals surface area contributed by atoms with E-state index in [0.29, 0.717) is 6.04 Å². The van der Waals surface area contributed by atoms with Crippen LogP contribution in [-0.2, 0) is 0 Å². The van der Waals surface area contributed by atoms with Crippen molar-refractivity contribution in [3.63, 3.8) is 0 Å². The van der Waals surface area contributed by atoms with Crippen molar-refractivity contribution in [2.24, 2.45) is 5.73 Å². The summed E-state index contributed by atoms with van der Waals surface area (Å²) >= 11 is 1.92. The number of hydrogen-bond donors (Lipinski definition) is 1. The summed E-state index contributed by atoms with van der Waals surface area (Å²) in [6, 6.07) is 0.613. The van der Waals surface area contributed by atoms with Gasteiger partial charge in [0.2, 0.25) is 0 Å². The van der Waals surface area contributed by atoms with Crippen LogP contribution in [0, 0.1) is 0 Å². The van der Waals surface area contributed by atoms with E-state index in [-0.39, 0.29) is 5.54 Å². The molecule has 0 aliphatic carbocycles. The highest BCUT2D eigenvalue weighted by Crippen LogP contribution is 2.29. The number of thioether (sulfide) groups is 1. The monoisotopic (exact) mass is 259 g/mol. The summed E-state index contributed by atoms with van der Waals surface area (Å²) in [5, 5.41) is 0. The number of nitrogens with zero attached hydrogens (tertiary/aromatic N) is 2. The standard InChI is InChI=1S/C13H29N3S/c1-5-16-8-6-13(11-14,7-9-16)15(3)12(2)10-17-4/h12H,5-11,14H2,1-4H3. The number of rotatable bonds is 6. The molecule has 0 aromatic heterocycles. The van der Waals surface area contributed by atoms with Crippen LogP contribution in [-0.4, -0.2) is 66.6 Å². The fourth-order valence-corrected chi connectivity index (χ4v) is 3.51. The molecule has 1 rings (SSSR count). The van der Waals surface area contributed by atoms with Gasteiger partial charge in [0, 0.05) is 23.9 Å². The fraction of sp³-hybridized carbons (Fsp3) is 1.00. The largest absolute Gasteiger partial charge is 0.329 e. The van der Waals surface area contributed by atoms with Crippen LogP contribution in [0.15, 0.2) is 0 Å². The highest BCUT2D eigenvalue weighted by molar-refractivity contribution is 7.98. The number of likely N-dealkylation sites (tertiary alicyclic amines) is 1. The van der Waals surface area contributed by atoms with Gasteiger partial charge in [0.1, 0.15) is 0 Å². The molecule has 1 unspecified atom stereocenters. The second-order valence-corrected chi connectivity index (χ2v) is 6.19. The molecule has 0 radical (unpaired) electrons. The molecule has 1 aliphatic heterocycles. The first-order valence-electron chi connectivity index (χ1n) is 6.74. The lowest BCUT2D eigenvalue weighted by Gasteiger charge is -2.49. The number of hydrogen-bond acceptors (Lipinski definition) is 4. The van der Waals surface area contributed by atoms with Crippen LogP contribution in [0.5, 0.6) is 0 Å². The SMILES string of the molecule is CCN1CCC(CN)(N(C)C(C)CSC)CC1. The Morgan fingerprint density at radius 1 is 1.41 bits per heavy atom. The zero-order valence-electron chi connectivity index (χ0n) is 11.9. The third-order valence-corrected chi connectivity index (χ3v) is 5.25. The van der Waals surface area contributed by atoms with Crippen LogP contribution in [0.3, 0.4) is 0 Å². The molecule has 1 aliphatic rings. The average molecular weight is 259 g/mol. The lowest BCUT2D eigenvalue weighted by Crippen LogP contribution is -2.60. The summed E-state index contributed by atoms with van der Waals surface area (Å²) in [5.74, 6) is 1.19. The molecule has 17 heavy (non-hydrogen) atoms. The molecule has 0 spiro atoms. The Balaban J connectivity index is 2.63. The Bertz CT molecular complexity index is 215. The maximum Gasteiger partial charge on any atom is 0.0356 e. The van der Waals surface area contributed by atoms with Gasteiger partial charge in [-0.25, -0.2) is 0 Å². The molecular formula is C13H29N3S. The van der Waals surface area contributed by atoms with Crippen molar-refractivity contribution in [3.8, 4) is 0 Å². The molecule has 0 aromatic rings. The second kappa shape index (κ2) is 6.98. The molecular weight excluding hydrogens is 230 g/mol. The maximum absolute atomic E-state index is 6.09. The summed E-state index contributed by atoms with van der Waals surface area (Å²) < 4.78 is 0. The molecule has 0 amide bonds. The lowest BCUT2D eigenvalue weighted by molar-refractivity contribution is 0.0285. The Kier molecular flexibility index (Phi) is 6.27. The number of likely N-dealkylation sites (N-methyl/N-ethyl adjacent to an activating group) is 1. The van der Waals surface area contributed by atoms with Crippen LogP contribution in [0.2, 0.25) is 0 Å². The quantitative estimate of drug-likeness (QED) is 0.783. The minimum Gasteiger partial charge on any atom is -0.329 e. The van der Waals surface area contributed by atoms with E-state index in [0.717, 1.165) is 6.54 Å². The molecule has 0 bridgehead atoms. The van der Waals surface area contributed by atoms with Crippen molar-refractivity contribution in [2.45, 2.75) is 38.3 Å². The summed E-state index contributed by atoms with van der Waals surface area (Å²) in [6.45, 7) is 8.92. The fourth-order valence-electron chi connectivity index (χ4n) is 2.81. The van der Waals surface area contributed by atoms with Gasteiger partial charge in [-0.1, -0.05) is 6.92 Å². The first-order valence-corrected chi connectivity index (χ1v) is 8.13. The van der Waals surface area contributed by atoms with E-state index in [1.165, 1.54) is 38.2 Å².